The second-order valence-corrected chi connectivity index (χ2v) is 9.89. The van der Waals surface area contributed by atoms with E-state index >= 15 is 0 Å². The van der Waals surface area contributed by atoms with Gasteiger partial charge in [-0.3, -0.25) is 0 Å². The molecule has 0 fully saturated rings. The van der Waals surface area contributed by atoms with Crippen molar-refractivity contribution in [2.45, 2.75) is 43.1 Å². The van der Waals surface area contributed by atoms with Crippen molar-refractivity contribution in [2.24, 2.45) is 5.92 Å². The molecule has 1 aliphatic carbocycles. The number of benzene rings is 2. The van der Waals surface area contributed by atoms with Crippen LogP contribution in [0.5, 0.6) is 0 Å². The van der Waals surface area contributed by atoms with Crippen LogP contribution in [-0.2, 0) is 34.1 Å². The molecule has 0 bridgehead atoms. The number of ether oxygens (including phenoxy) is 1. The summed E-state index contributed by atoms with van der Waals surface area (Å²) in [5.41, 5.74) is 0.399. The molecule has 2 aliphatic rings. The van der Waals surface area contributed by atoms with Crippen LogP contribution in [0.15, 0.2) is 77.7 Å². The van der Waals surface area contributed by atoms with Gasteiger partial charge in [0.15, 0.2) is 0 Å². The van der Waals surface area contributed by atoms with Gasteiger partial charge in [0, 0.05) is 12.6 Å². The number of rotatable bonds is 4. The van der Waals surface area contributed by atoms with Crippen LogP contribution < -0.4 is 0 Å². The van der Waals surface area contributed by atoms with E-state index in [0.29, 0.717) is 13.0 Å². The zero-order valence-corrected chi connectivity index (χ0v) is 18.1. The molecule has 0 aromatic heterocycles. The molecule has 1 aliphatic heterocycles. The van der Waals surface area contributed by atoms with Crippen LogP contribution in [0.3, 0.4) is 0 Å². The fraction of sp³-hybridized carbons (Fsp3) is 0.333. The quantitative estimate of drug-likeness (QED) is 0.617. The normalized spacial score (nSPS) is 22.2. The number of hydrogen-bond acceptors (Lipinski definition) is 3. The molecule has 0 spiro atoms. The van der Waals surface area contributed by atoms with Gasteiger partial charge in [-0.15, -0.1) is 0 Å². The first-order valence-electron chi connectivity index (χ1n) is 10.4. The number of halogens is 3. The van der Waals surface area contributed by atoms with E-state index in [2.05, 4.69) is 0 Å². The maximum Gasteiger partial charge on any atom is 0.417 e. The monoisotopic (exact) mass is 463 g/mol. The minimum absolute atomic E-state index is 0.00893. The summed E-state index contributed by atoms with van der Waals surface area (Å²) in [5.74, 6) is 0.0823. The Morgan fingerprint density at radius 1 is 1.00 bits per heavy atom. The highest BCUT2D eigenvalue weighted by atomic mass is 32.2. The first-order chi connectivity index (χ1) is 15.3. The lowest BCUT2D eigenvalue weighted by atomic mass is 9.93. The van der Waals surface area contributed by atoms with Crippen molar-refractivity contribution in [1.29, 1.82) is 0 Å². The van der Waals surface area contributed by atoms with E-state index in [1.165, 1.54) is 16.4 Å². The van der Waals surface area contributed by atoms with Crippen LogP contribution in [-0.4, -0.2) is 25.4 Å². The molecule has 8 heteroatoms. The Labute approximate surface area is 186 Å². The van der Waals surface area contributed by atoms with Crippen LogP contribution in [0.2, 0.25) is 0 Å². The zero-order valence-electron chi connectivity index (χ0n) is 17.3. The maximum atomic E-state index is 13.7. The molecule has 0 radical (unpaired) electrons. The Hall–Kier alpha value is -2.42. The van der Waals surface area contributed by atoms with E-state index in [1.54, 1.807) is 12.1 Å². The van der Waals surface area contributed by atoms with Crippen LogP contribution in [0, 0.1) is 5.92 Å². The highest BCUT2D eigenvalue weighted by Gasteiger charge is 2.41. The lowest BCUT2D eigenvalue weighted by Crippen LogP contribution is -2.45. The molecule has 2 aromatic carbocycles. The highest BCUT2D eigenvalue weighted by Crippen LogP contribution is 2.37. The average molecular weight is 464 g/mol. The van der Waals surface area contributed by atoms with Gasteiger partial charge in [0.1, 0.15) is 0 Å². The van der Waals surface area contributed by atoms with Crippen molar-refractivity contribution in [1.82, 2.24) is 4.31 Å². The van der Waals surface area contributed by atoms with Crippen molar-refractivity contribution in [2.75, 3.05) is 6.61 Å². The topological polar surface area (TPSA) is 46.6 Å². The van der Waals surface area contributed by atoms with Crippen molar-refractivity contribution in [3.63, 3.8) is 0 Å². The lowest BCUT2D eigenvalue weighted by Gasteiger charge is -2.35. The summed E-state index contributed by atoms with van der Waals surface area (Å²) in [6, 6.07) is 11.0. The molecule has 4 nitrogen and oxygen atoms in total. The van der Waals surface area contributed by atoms with Crippen molar-refractivity contribution in [3.8, 4) is 0 Å². The molecule has 4 rings (SSSR count). The number of hydrogen-bond donors (Lipinski definition) is 0. The van der Waals surface area contributed by atoms with Gasteiger partial charge in [-0.1, -0.05) is 60.7 Å². The number of fused-ring (bicyclic) bond motifs is 1. The van der Waals surface area contributed by atoms with E-state index in [4.69, 9.17) is 4.74 Å². The summed E-state index contributed by atoms with van der Waals surface area (Å²) in [4.78, 5) is -0.727. The number of sulfonamides is 1. The smallest absolute Gasteiger partial charge is 0.375 e. The standard InChI is InChI=1S/C24H24F3NO3S/c25-24(26,27)22-12-6-7-13-23(22)32(29,30)28-15-19-10-4-5-11-20(19)16-31-17-21(28)14-18-8-2-1-3-9-18/h1-8,10-13,18,21H,9,14-17H2. The second-order valence-electron chi connectivity index (χ2n) is 8.03. The molecule has 0 saturated carbocycles. The largest absolute Gasteiger partial charge is 0.417 e. The van der Waals surface area contributed by atoms with Gasteiger partial charge in [0.25, 0.3) is 0 Å². The molecule has 32 heavy (non-hydrogen) atoms. The number of allylic oxidation sites excluding steroid dienone is 4. The van der Waals surface area contributed by atoms with Gasteiger partial charge in [-0.2, -0.15) is 17.5 Å². The fourth-order valence-corrected chi connectivity index (χ4v) is 6.03. The van der Waals surface area contributed by atoms with Crippen LogP contribution in [0.4, 0.5) is 13.2 Å². The summed E-state index contributed by atoms with van der Waals surface area (Å²) in [6.07, 6.45) is 4.25. The molecule has 0 N–H and O–H groups in total. The molecule has 0 amide bonds. The fourth-order valence-electron chi connectivity index (χ4n) is 4.21. The van der Waals surface area contributed by atoms with Gasteiger partial charge in [0.2, 0.25) is 10.0 Å². The van der Waals surface area contributed by atoms with Crippen LogP contribution >= 0.6 is 0 Å². The third kappa shape index (κ3) is 4.82. The Morgan fingerprint density at radius 2 is 1.72 bits per heavy atom. The number of nitrogens with zero attached hydrogens (tertiary/aromatic N) is 1. The minimum atomic E-state index is -4.78. The van der Waals surface area contributed by atoms with E-state index in [1.807, 2.05) is 36.4 Å². The molecule has 0 saturated heterocycles. The molecule has 2 aromatic rings. The van der Waals surface area contributed by atoms with E-state index in [9.17, 15) is 21.6 Å². The van der Waals surface area contributed by atoms with Gasteiger partial charge in [-0.25, -0.2) is 8.42 Å². The lowest BCUT2D eigenvalue weighted by molar-refractivity contribution is -0.139. The maximum absolute atomic E-state index is 13.7. The molecular weight excluding hydrogens is 439 g/mol. The molecular formula is C24H24F3NO3S. The van der Waals surface area contributed by atoms with Crippen molar-refractivity contribution >= 4 is 10.0 Å². The molecule has 2 unspecified atom stereocenters. The zero-order chi connectivity index (χ0) is 22.8. The number of alkyl halides is 3. The van der Waals surface area contributed by atoms with Crippen LogP contribution in [0.1, 0.15) is 29.5 Å². The predicted molar refractivity (Wildman–Crippen MR) is 115 cm³/mol. The van der Waals surface area contributed by atoms with E-state index in [0.717, 1.165) is 29.7 Å². The summed E-state index contributed by atoms with van der Waals surface area (Å²) in [6.45, 7) is 0.431. The van der Waals surface area contributed by atoms with Gasteiger partial charge in [0.05, 0.1) is 23.7 Å². The minimum Gasteiger partial charge on any atom is -0.375 e. The summed E-state index contributed by atoms with van der Waals surface area (Å²) >= 11 is 0. The van der Waals surface area contributed by atoms with Crippen LogP contribution in [0.25, 0.3) is 0 Å². The molecule has 1 heterocycles. The van der Waals surface area contributed by atoms with Crippen molar-refractivity contribution in [3.05, 3.63) is 89.5 Å². The molecule has 170 valence electrons. The van der Waals surface area contributed by atoms with Gasteiger partial charge in [-0.05, 0) is 42.0 Å². The first-order valence-corrected chi connectivity index (χ1v) is 11.9. The van der Waals surface area contributed by atoms with Crippen molar-refractivity contribution < 1.29 is 26.3 Å². The summed E-state index contributed by atoms with van der Waals surface area (Å²) in [5, 5.41) is 0. The first kappa shape index (κ1) is 22.8. The van der Waals surface area contributed by atoms with E-state index < -0.39 is 32.7 Å². The van der Waals surface area contributed by atoms with Gasteiger partial charge < -0.3 is 4.74 Å². The summed E-state index contributed by atoms with van der Waals surface area (Å²) < 4.78 is 75.5. The third-order valence-corrected chi connectivity index (χ3v) is 7.80. The Morgan fingerprint density at radius 3 is 2.44 bits per heavy atom. The Kier molecular flexibility index (Phi) is 6.55. The average Bonchev–Trinajstić information content (AvgIpc) is 2.76. The second kappa shape index (κ2) is 9.21. The third-order valence-electron chi connectivity index (χ3n) is 5.84. The Balaban J connectivity index is 1.78. The summed E-state index contributed by atoms with van der Waals surface area (Å²) in [7, 11) is -4.47. The van der Waals surface area contributed by atoms with E-state index in [-0.39, 0.29) is 19.1 Å². The molecule has 2 atom stereocenters. The predicted octanol–water partition coefficient (Wildman–Crippen LogP) is 5.32. The highest BCUT2D eigenvalue weighted by molar-refractivity contribution is 7.89. The van der Waals surface area contributed by atoms with Gasteiger partial charge >= 0.3 is 6.18 Å². The SMILES string of the molecule is O=S(=O)(c1ccccc1C(F)(F)F)N1Cc2ccccc2COCC1CC1C=CC=CC1. The Bertz CT molecular complexity index is 1130.